The molecule has 142 valence electrons. The second-order valence-corrected chi connectivity index (χ2v) is 6.45. The lowest BCUT2D eigenvalue weighted by atomic mass is 9.78. The number of aryl methyl sites for hydroxylation is 1. The molecule has 0 radical (unpaired) electrons. The summed E-state index contributed by atoms with van der Waals surface area (Å²) >= 11 is 0. The highest BCUT2D eigenvalue weighted by Gasteiger charge is 2.39. The van der Waals surface area contributed by atoms with Crippen molar-refractivity contribution in [2.24, 2.45) is 5.41 Å². The number of methoxy groups -OCH3 is 1. The maximum atomic E-state index is 12.6. The number of carbonyl (C=O) groups excluding carboxylic acids is 1. The predicted molar refractivity (Wildman–Crippen MR) is 99.4 cm³/mol. The van der Waals surface area contributed by atoms with Crippen LogP contribution in [0.1, 0.15) is 18.4 Å². The van der Waals surface area contributed by atoms with E-state index in [1.165, 1.54) is 0 Å². The number of carbonyl (C=O) groups is 1. The first-order chi connectivity index (χ1) is 11.6. The zero-order valence-corrected chi connectivity index (χ0v) is 15.7. The molecule has 25 heavy (non-hydrogen) atoms. The normalized spacial score (nSPS) is 17.2. The summed E-state index contributed by atoms with van der Waals surface area (Å²) in [6.07, 6.45) is 0.723. The first kappa shape index (κ1) is 21.7. The number of piperidine rings is 1. The van der Waals surface area contributed by atoms with Gasteiger partial charge in [-0.25, -0.2) is 0 Å². The van der Waals surface area contributed by atoms with Crippen LogP contribution in [0, 0.1) is 12.3 Å². The van der Waals surface area contributed by atoms with Crippen molar-refractivity contribution in [1.82, 2.24) is 10.6 Å². The summed E-state index contributed by atoms with van der Waals surface area (Å²) in [6.45, 7) is 4.30. The van der Waals surface area contributed by atoms with E-state index < -0.39 is 11.5 Å². The van der Waals surface area contributed by atoms with Crippen molar-refractivity contribution in [1.29, 1.82) is 0 Å². The van der Waals surface area contributed by atoms with Gasteiger partial charge in [0.05, 0.1) is 12.0 Å². The molecule has 2 rings (SSSR count). The smallest absolute Gasteiger partial charge is 0.228 e. The van der Waals surface area contributed by atoms with Crippen LogP contribution in [-0.4, -0.2) is 57.1 Å². The van der Waals surface area contributed by atoms with Gasteiger partial charge in [0, 0.05) is 13.7 Å². The highest BCUT2D eigenvalue weighted by Crippen LogP contribution is 2.29. The van der Waals surface area contributed by atoms with Crippen LogP contribution in [0.15, 0.2) is 24.3 Å². The van der Waals surface area contributed by atoms with Crippen LogP contribution in [0.2, 0.25) is 0 Å². The Hall–Kier alpha value is -1.34. The van der Waals surface area contributed by atoms with E-state index in [9.17, 15) is 9.90 Å². The van der Waals surface area contributed by atoms with Crippen LogP contribution in [0.5, 0.6) is 5.75 Å². The monoisotopic (exact) mass is 372 g/mol. The third-order valence-electron chi connectivity index (χ3n) is 4.39. The van der Waals surface area contributed by atoms with Gasteiger partial charge in [0.15, 0.2) is 0 Å². The summed E-state index contributed by atoms with van der Waals surface area (Å²) in [5.74, 6) is 0.662. The van der Waals surface area contributed by atoms with E-state index in [-0.39, 0.29) is 31.5 Å². The third-order valence-corrected chi connectivity index (χ3v) is 4.39. The number of nitrogens with one attached hydrogen (secondary N) is 2. The van der Waals surface area contributed by atoms with Crippen LogP contribution >= 0.6 is 12.4 Å². The number of hydrogen-bond donors (Lipinski definition) is 3. The number of hydrogen-bond acceptors (Lipinski definition) is 5. The van der Waals surface area contributed by atoms with Crippen LogP contribution in [0.3, 0.4) is 0 Å². The average molecular weight is 373 g/mol. The Bertz CT molecular complexity index is 530. The minimum absolute atomic E-state index is 0. The molecule has 1 amide bonds. The van der Waals surface area contributed by atoms with Crippen molar-refractivity contribution in [2.45, 2.75) is 25.9 Å². The topological polar surface area (TPSA) is 79.8 Å². The zero-order valence-electron chi connectivity index (χ0n) is 14.9. The van der Waals surface area contributed by atoms with Crippen molar-refractivity contribution >= 4 is 18.3 Å². The molecule has 1 saturated heterocycles. The van der Waals surface area contributed by atoms with Crippen molar-refractivity contribution in [2.75, 3.05) is 40.0 Å². The van der Waals surface area contributed by atoms with Crippen molar-refractivity contribution in [3.8, 4) is 5.75 Å². The summed E-state index contributed by atoms with van der Waals surface area (Å²) in [6, 6.07) is 7.65. The van der Waals surface area contributed by atoms with Gasteiger partial charge in [0.2, 0.25) is 5.91 Å². The lowest BCUT2D eigenvalue weighted by Crippen LogP contribution is -2.51. The Morgan fingerprint density at radius 3 is 2.76 bits per heavy atom. The van der Waals surface area contributed by atoms with E-state index in [2.05, 4.69) is 10.6 Å². The van der Waals surface area contributed by atoms with Gasteiger partial charge in [0.25, 0.3) is 0 Å². The van der Waals surface area contributed by atoms with E-state index >= 15 is 0 Å². The third kappa shape index (κ3) is 6.47. The molecular formula is C18H29ClN2O4. The summed E-state index contributed by atoms with van der Waals surface area (Å²) in [4.78, 5) is 12.6. The fraction of sp³-hybridized carbons (Fsp3) is 0.611. The van der Waals surface area contributed by atoms with Crippen molar-refractivity contribution < 1.29 is 19.4 Å². The molecule has 1 aliphatic heterocycles. The van der Waals surface area contributed by atoms with E-state index in [0.29, 0.717) is 6.61 Å². The molecule has 1 atom stereocenters. The molecular weight excluding hydrogens is 344 g/mol. The van der Waals surface area contributed by atoms with Gasteiger partial charge in [0.1, 0.15) is 18.5 Å². The number of amides is 1. The molecule has 6 nitrogen and oxygen atoms in total. The molecule has 3 N–H and O–H groups in total. The highest BCUT2D eigenvalue weighted by molar-refractivity contribution is 5.85. The SMILES string of the molecule is COCC1(C(=O)NCC(O)COc2cccc(C)c2)CCNCC1.Cl. The van der Waals surface area contributed by atoms with Crippen LogP contribution < -0.4 is 15.4 Å². The van der Waals surface area contributed by atoms with Crippen LogP contribution in [-0.2, 0) is 9.53 Å². The Morgan fingerprint density at radius 1 is 1.40 bits per heavy atom. The van der Waals surface area contributed by atoms with E-state index in [4.69, 9.17) is 9.47 Å². The standard InChI is InChI=1S/C18H28N2O4.ClH/c1-14-4-3-5-16(10-14)24-12-15(21)11-20-17(22)18(13-23-2)6-8-19-9-7-18;/h3-5,10,15,19,21H,6-9,11-13H2,1-2H3,(H,20,22);1H. The van der Waals surface area contributed by atoms with Gasteiger partial charge in [-0.2, -0.15) is 0 Å². The largest absolute Gasteiger partial charge is 0.491 e. The molecule has 1 aromatic rings. The summed E-state index contributed by atoms with van der Waals surface area (Å²) < 4.78 is 10.8. The van der Waals surface area contributed by atoms with Gasteiger partial charge >= 0.3 is 0 Å². The van der Waals surface area contributed by atoms with Crippen molar-refractivity contribution in [3.05, 3.63) is 29.8 Å². The molecule has 1 heterocycles. The first-order valence-corrected chi connectivity index (χ1v) is 8.41. The first-order valence-electron chi connectivity index (χ1n) is 8.41. The van der Waals surface area contributed by atoms with E-state index in [0.717, 1.165) is 37.2 Å². The lowest BCUT2D eigenvalue weighted by Gasteiger charge is -2.35. The second-order valence-electron chi connectivity index (χ2n) is 6.45. The Labute approximate surface area is 155 Å². The minimum Gasteiger partial charge on any atom is -0.491 e. The Morgan fingerprint density at radius 2 is 2.12 bits per heavy atom. The maximum absolute atomic E-state index is 12.6. The van der Waals surface area contributed by atoms with Crippen LogP contribution in [0.4, 0.5) is 0 Å². The molecule has 1 unspecified atom stereocenters. The maximum Gasteiger partial charge on any atom is 0.228 e. The van der Waals surface area contributed by atoms with Gasteiger partial charge in [-0.1, -0.05) is 12.1 Å². The molecule has 1 aromatic carbocycles. The van der Waals surface area contributed by atoms with Crippen LogP contribution in [0.25, 0.3) is 0 Å². The second kappa shape index (κ2) is 10.6. The Balaban J connectivity index is 0.00000312. The predicted octanol–water partition coefficient (Wildman–Crippen LogP) is 1.29. The summed E-state index contributed by atoms with van der Waals surface area (Å²) in [5, 5.41) is 16.2. The van der Waals surface area contributed by atoms with Gasteiger partial charge in [-0.15, -0.1) is 12.4 Å². The quantitative estimate of drug-likeness (QED) is 0.640. The molecule has 0 spiro atoms. The van der Waals surface area contributed by atoms with Crippen molar-refractivity contribution in [3.63, 3.8) is 0 Å². The summed E-state index contributed by atoms with van der Waals surface area (Å²) in [7, 11) is 1.61. The number of ether oxygens (including phenoxy) is 2. The zero-order chi connectivity index (χ0) is 17.4. The van der Waals surface area contributed by atoms with Gasteiger partial charge in [-0.05, 0) is 50.6 Å². The molecule has 1 fully saturated rings. The molecule has 1 aliphatic rings. The fourth-order valence-electron chi connectivity index (χ4n) is 2.97. The number of benzene rings is 1. The molecule has 0 saturated carbocycles. The Kier molecular flexibility index (Phi) is 9.21. The highest BCUT2D eigenvalue weighted by atomic mass is 35.5. The molecule has 0 bridgehead atoms. The van der Waals surface area contributed by atoms with Gasteiger partial charge < -0.3 is 25.2 Å². The van der Waals surface area contributed by atoms with E-state index in [1.54, 1.807) is 7.11 Å². The number of aliphatic hydroxyl groups is 1. The summed E-state index contributed by atoms with van der Waals surface area (Å²) in [5.41, 5.74) is 0.597. The number of aliphatic hydroxyl groups excluding tert-OH is 1. The molecule has 0 aliphatic carbocycles. The molecule has 7 heteroatoms. The lowest BCUT2D eigenvalue weighted by molar-refractivity contribution is -0.136. The minimum atomic E-state index is -0.754. The van der Waals surface area contributed by atoms with E-state index in [1.807, 2.05) is 31.2 Å². The fourth-order valence-corrected chi connectivity index (χ4v) is 2.97. The average Bonchev–Trinajstić information content (AvgIpc) is 2.59. The number of rotatable bonds is 8. The number of halogens is 1. The van der Waals surface area contributed by atoms with Gasteiger partial charge in [-0.3, -0.25) is 4.79 Å². The molecule has 0 aromatic heterocycles.